The molecule has 35 heavy (non-hydrogen) atoms. The first-order chi connectivity index (χ1) is 16.8. The van der Waals surface area contributed by atoms with Crippen LogP contribution >= 0.6 is 33.9 Å². The van der Waals surface area contributed by atoms with Crippen molar-refractivity contribution in [2.75, 3.05) is 43.2 Å². The molecule has 0 unspecified atom stereocenters. The molecule has 0 aliphatic heterocycles. The number of halogens is 4. The monoisotopic (exact) mass is 613 g/mol. The van der Waals surface area contributed by atoms with Crippen LogP contribution in [0.25, 0.3) is 31.9 Å². The first kappa shape index (κ1) is 25.6. The summed E-state index contributed by atoms with van der Waals surface area (Å²) in [6, 6.07) is 13.2. The van der Waals surface area contributed by atoms with Crippen LogP contribution in [0.15, 0.2) is 54.7 Å². The van der Waals surface area contributed by atoms with Crippen molar-refractivity contribution in [2.24, 2.45) is 0 Å². The molecule has 2 heterocycles. The number of aromatic nitrogens is 2. The van der Waals surface area contributed by atoms with Crippen LogP contribution in [-0.4, -0.2) is 48.3 Å². The normalized spacial score (nSPS) is 11.7. The molecule has 4 aromatic rings. The van der Waals surface area contributed by atoms with Crippen LogP contribution in [0.3, 0.4) is 0 Å². The molecule has 0 fully saturated rings. The molecule has 0 saturated heterocycles. The van der Waals surface area contributed by atoms with E-state index < -0.39 is 11.7 Å². The fourth-order valence-electron chi connectivity index (χ4n) is 3.45. The molecule has 4 rings (SSSR count). The third-order valence-corrected chi connectivity index (χ3v) is 6.66. The molecular weight excluding hydrogens is 590 g/mol. The molecule has 0 saturated carbocycles. The van der Waals surface area contributed by atoms with Crippen LogP contribution in [0.1, 0.15) is 5.56 Å². The molecule has 5 nitrogen and oxygen atoms in total. The van der Waals surface area contributed by atoms with Gasteiger partial charge in [-0.25, -0.2) is 9.97 Å². The second kappa shape index (κ2) is 11.1. The zero-order chi connectivity index (χ0) is 25.0. The number of hydrogen-bond acceptors (Lipinski definition) is 6. The molecule has 0 amide bonds. The van der Waals surface area contributed by atoms with Crippen molar-refractivity contribution >= 4 is 50.0 Å². The maximum atomic E-state index is 14.1. The highest BCUT2D eigenvalue weighted by atomic mass is 127. The van der Waals surface area contributed by atoms with Gasteiger partial charge in [0.15, 0.2) is 0 Å². The molecule has 0 aliphatic rings. The van der Waals surface area contributed by atoms with Crippen molar-refractivity contribution in [3.63, 3.8) is 0 Å². The summed E-state index contributed by atoms with van der Waals surface area (Å²) in [6.07, 6.45) is -2.96. The number of fused-ring (bicyclic) bond motifs is 1. The molecule has 2 aromatic heterocycles. The van der Waals surface area contributed by atoms with Crippen molar-refractivity contribution < 1.29 is 22.6 Å². The van der Waals surface area contributed by atoms with Crippen LogP contribution < -0.4 is 9.64 Å². The highest BCUT2D eigenvalue weighted by Crippen LogP contribution is 2.42. The van der Waals surface area contributed by atoms with Crippen LogP contribution in [-0.2, 0) is 10.9 Å². The lowest BCUT2D eigenvalue weighted by atomic mass is 10.00. The third-order valence-electron chi connectivity index (χ3n) is 5.17. The SMILES string of the molecule is CN(C)c1ccc(-c2ccc(-c3nc4ccc(OCCOCCI)cc4s3)c(C(F)(F)F)c2)cn1. The molecule has 0 bridgehead atoms. The minimum absolute atomic E-state index is 0.0509. The molecule has 184 valence electrons. The molecule has 10 heteroatoms. The maximum Gasteiger partial charge on any atom is 0.417 e. The Morgan fingerprint density at radius 3 is 2.46 bits per heavy atom. The number of rotatable bonds is 9. The van der Waals surface area contributed by atoms with E-state index in [1.807, 2.05) is 19.0 Å². The third kappa shape index (κ3) is 6.22. The number of benzene rings is 2. The van der Waals surface area contributed by atoms with Gasteiger partial charge in [0.1, 0.15) is 23.2 Å². The van der Waals surface area contributed by atoms with Gasteiger partial charge in [-0.15, -0.1) is 11.3 Å². The molecule has 0 aliphatic carbocycles. The second-order valence-electron chi connectivity index (χ2n) is 7.86. The van der Waals surface area contributed by atoms with Gasteiger partial charge in [-0.2, -0.15) is 13.2 Å². The van der Waals surface area contributed by atoms with Crippen LogP contribution in [0, 0.1) is 0 Å². The fourth-order valence-corrected chi connectivity index (χ4v) is 4.80. The number of nitrogens with zero attached hydrogens (tertiary/aromatic N) is 3. The van der Waals surface area contributed by atoms with Crippen molar-refractivity contribution in [1.29, 1.82) is 0 Å². The lowest BCUT2D eigenvalue weighted by molar-refractivity contribution is -0.137. The summed E-state index contributed by atoms with van der Waals surface area (Å²) in [5.74, 6) is 1.36. The van der Waals surface area contributed by atoms with Crippen molar-refractivity contribution in [3.8, 4) is 27.4 Å². The van der Waals surface area contributed by atoms with Gasteiger partial charge in [0.25, 0.3) is 0 Å². The minimum Gasteiger partial charge on any atom is -0.491 e. The van der Waals surface area contributed by atoms with Gasteiger partial charge in [0, 0.05) is 35.8 Å². The Morgan fingerprint density at radius 1 is 0.971 bits per heavy atom. The predicted molar refractivity (Wildman–Crippen MR) is 143 cm³/mol. The quantitative estimate of drug-likeness (QED) is 0.116. The zero-order valence-electron chi connectivity index (χ0n) is 19.1. The second-order valence-corrected chi connectivity index (χ2v) is 9.97. The molecule has 0 radical (unpaired) electrons. The summed E-state index contributed by atoms with van der Waals surface area (Å²) in [5.41, 5.74) is 1.01. The van der Waals surface area contributed by atoms with E-state index in [2.05, 4.69) is 32.6 Å². The van der Waals surface area contributed by atoms with Gasteiger partial charge in [-0.3, -0.25) is 0 Å². The van der Waals surface area contributed by atoms with Gasteiger partial charge in [-0.1, -0.05) is 34.7 Å². The van der Waals surface area contributed by atoms with Gasteiger partial charge in [-0.05, 0) is 42.0 Å². The zero-order valence-corrected chi connectivity index (χ0v) is 22.1. The number of alkyl halides is 4. The number of pyridine rings is 1. The summed E-state index contributed by atoms with van der Waals surface area (Å²) >= 11 is 3.44. The van der Waals surface area contributed by atoms with E-state index in [1.165, 1.54) is 17.4 Å². The lowest BCUT2D eigenvalue weighted by Gasteiger charge is -2.14. The van der Waals surface area contributed by atoms with Gasteiger partial charge >= 0.3 is 6.18 Å². The number of ether oxygens (including phenoxy) is 2. The topological polar surface area (TPSA) is 47.5 Å². The van der Waals surface area contributed by atoms with Gasteiger partial charge in [0.05, 0.1) is 29.0 Å². The van der Waals surface area contributed by atoms with Crippen molar-refractivity contribution in [3.05, 3.63) is 60.3 Å². The highest BCUT2D eigenvalue weighted by Gasteiger charge is 2.35. The fraction of sp³-hybridized carbons (Fsp3) is 0.280. The Morgan fingerprint density at radius 2 is 1.77 bits per heavy atom. The summed E-state index contributed by atoms with van der Waals surface area (Å²) in [4.78, 5) is 10.6. The van der Waals surface area contributed by atoms with E-state index in [0.717, 1.165) is 21.0 Å². The largest absolute Gasteiger partial charge is 0.491 e. The Labute approximate surface area is 219 Å². The average Bonchev–Trinajstić information content (AvgIpc) is 3.26. The maximum absolute atomic E-state index is 14.1. The lowest BCUT2D eigenvalue weighted by Crippen LogP contribution is -2.10. The van der Waals surface area contributed by atoms with E-state index in [-0.39, 0.29) is 5.56 Å². The van der Waals surface area contributed by atoms with Crippen molar-refractivity contribution in [2.45, 2.75) is 6.18 Å². The Hall–Kier alpha value is -2.44. The van der Waals surface area contributed by atoms with E-state index in [0.29, 0.717) is 47.2 Å². The van der Waals surface area contributed by atoms with Crippen LogP contribution in [0.5, 0.6) is 5.75 Å². The minimum atomic E-state index is -4.54. The summed E-state index contributed by atoms with van der Waals surface area (Å²) in [5, 5.41) is 0.308. The molecular formula is C25H23F3IN3O2S. The summed E-state index contributed by atoms with van der Waals surface area (Å²) in [7, 11) is 3.71. The average molecular weight is 613 g/mol. The molecule has 2 aromatic carbocycles. The van der Waals surface area contributed by atoms with E-state index in [9.17, 15) is 13.2 Å². The van der Waals surface area contributed by atoms with Crippen LogP contribution in [0.4, 0.5) is 19.0 Å². The van der Waals surface area contributed by atoms with Crippen LogP contribution in [0.2, 0.25) is 0 Å². The van der Waals surface area contributed by atoms with Crippen molar-refractivity contribution in [1.82, 2.24) is 9.97 Å². The number of anilines is 1. The van der Waals surface area contributed by atoms with Gasteiger partial charge in [0.2, 0.25) is 0 Å². The van der Waals surface area contributed by atoms with E-state index in [4.69, 9.17) is 9.47 Å². The number of hydrogen-bond donors (Lipinski definition) is 0. The Balaban J connectivity index is 1.63. The highest BCUT2D eigenvalue weighted by molar-refractivity contribution is 14.1. The predicted octanol–water partition coefficient (Wildman–Crippen LogP) is 6.94. The molecule has 0 N–H and O–H groups in total. The first-order valence-corrected chi connectivity index (χ1v) is 13.1. The van der Waals surface area contributed by atoms with E-state index in [1.54, 1.807) is 42.6 Å². The van der Waals surface area contributed by atoms with E-state index >= 15 is 0 Å². The molecule has 0 spiro atoms. The summed E-state index contributed by atoms with van der Waals surface area (Å²) < 4.78 is 55.0. The first-order valence-electron chi connectivity index (χ1n) is 10.8. The summed E-state index contributed by atoms with van der Waals surface area (Å²) in [6.45, 7) is 1.54. The number of thiazole rings is 1. The standard InChI is InChI=1S/C25H23F3IN3O2S/c1-32(2)23-8-4-17(15-30-23)16-3-6-19(20(13-16)25(26,27)28)24-31-21-7-5-18(14-22(21)35-24)34-12-11-33-10-9-29/h3-8,13-15H,9-12H2,1-2H3. The Bertz CT molecular complexity index is 1290. The molecule has 0 atom stereocenters. The Kier molecular flexibility index (Phi) is 8.12. The smallest absolute Gasteiger partial charge is 0.417 e. The van der Waals surface area contributed by atoms with Gasteiger partial charge < -0.3 is 14.4 Å².